The Morgan fingerprint density at radius 1 is 0.909 bits per heavy atom. The van der Waals surface area contributed by atoms with Crippen molar-refractivity contribution in [2.24, 2.45) is 7.05 Å². The molecule has 2 unspecified atom stereocenters. The Morgan fingerprint density at radius 2 is 1.61 bits per heavy atom. The molecular weight excluding hydrogens is 412 g/mol. The van der Waals surface area contributed by atoms with E-state index in [2.05, 4.69) is 4.98 Å². The van der Waals surface area contributed by atoms with Gasteiger partial charge in [0, 0.05) is 18.3 Å². The summed E-state index contributed by atoms with van der Waals surface area (Å²) in [6.07, 6.45) is 6.78. The molecule has 8 nitrogen and oxygen atoms in total. The molecule has 0 amide bonds. The summed E-state index contributed by atoms with van der Waals surface area (Å²) in [7, 11) is 1.87. The number of hydrogen-bond acceptors (Lipinski definition) is 6. The van der Waals surface area contributed by atoms with Crippen molar-refractivity contribution in [3.8, 4) is 41.0 Å². The van der Waals surface area contributed by atoms with Crippen LogP contribution in [-0.2, 0) is 7.05 Å². The van der Waals surface area contributed by atoms with Crippen LogP contribution in [0.15, 0.2) is 66.5 Å². The van der Waals surface area contributed by atoms with E-state index in [-0.39, 0.29) is 11.5 Å². The van der Waals surface area contributed by atoms with Crippen LogP contribution < -0.4 is 4.57 Å². The highest BCUT2D eigenvalue weighted by atomic mass is 15.0. The molecule has 0 saturated heterocycles. The molecule has 0 N–H and O–H groups in total. The number of nitrogens with zero attached hydrogens (tertiary/aromatic N) is 8. The Labute approximate surface area is 190 Å². The normalized spacial score (nSPS) is 16.1. The van der Waals surface area contributed by atoms with E-state index in [0.717, 1.165) is 5.69 Å². The summed E-state index contributed by atoms with van der Waals surface area (Å²) in [5.41, 5.74) is 2.97. The summed E-state index contributed by atoms with van der Waals surface area (Å²) in [6, 6.07) is 16.9. The largest absolute Gasteiger partial charge is 0.762 e. The van der Waals surface area contributed by atoms with Crippen LogP contribution in [0.4, 0.5) is 0 Å². The van der Waals surface area contributed by atoms with Crippen LogP contribution in [0, 0.1) is 39.9 Å². The highest BCUT2D eigenvalue weighted by Crippen LogP contribution is 2.41. The topological polar surface area (TPSA) is 136 Å². The zero-order chi connectivity index (χ0) is 23.4. The van der Waals surface area contributed by atoms with E-state index >= 15 is 0 Å². The molecule has 2 atom stereocenters. The first kappa shape index (κ1) is 21.3. The summed E-state index contributed by atoms with van der Waals surface area (Å²) < 4.78 is 1.88. The monoisotopic (exact) mass is 427 g/mol. The minimum atomic E-state index is -0.738. The third kappa shape index (κ3) is 3.77. The van der Waals surface area contributed by atoms with Gasteiger partial charge in [-0.25, -0.2) is 9.97 Å². The molecule has 1 aliphatic carbocycles. The van der Waals surface area contributed by atoms with E-state index < -0.39 is 11.8 Å². The lowest BCUT2D eigenvalue weighted by molar-refractivity contribution is -0.660. The molecule has 3 aromatic heterocycles. The average Bonchev–Trinajstić information content (AvgIpc) is 2.86. The minimum absolute atomic E-state index is 0.0512. The number of nitriles is 3. The number of aryl methyl sites for hydroxylation is 1. The van der Waals surface area contributed by atoms with Gasteiger partial charge in [-0.05, 0) is 18.2 Å². The van der Waals surface area contributed by atoms with Crippen molar-refractivity contribution in [3.05, 3.63) is 89.2 Å². The van der Waals surface area contributed by atoms with Gasteiger partial charge in [-0.1, -0.05) is 18.2 Å². The molecule has 1 radical (unpaired) electrons. The number of aromatic nitrogens is 4. The molecule has 0 bridgehead atoms. The van der Waals surface area contributed by atoms with Crippen molar-refractivity contribution < 1.29 is 4.57 Å². The van der Waals surface area contributed by atoms with Crippen molar-refractivity contribution in [3.63, 3.8) is 0 Å². The van der Waals surface area contributed by atoms with Crippen molar-refractivity contribution >= 4 is 5.87 Å². The second-order valence-electron chi connectivity index (χ2n) is 7.22. The van der Waals surface area contributed by atoms with E-state index in [1.165, 1.54) is 0 Å². The van der Waals surface area contributed by atoms with Gasteiger partial charge in [0.15, 0.2) is 17.8 Å². The average molecular weight is 427 g/mol. The standard InChI is InChI=1S/C25H15N8/c1-33-11-5-3-7-21(33)25-24(20-6-2-4-10-30-20)31-22-18(16(12-26)13-27)8-9-19(23(22)32-25)17(14-28)15-29/h2-11,18-19H,1H3. The lowest BCUT2D eigenvalue weighted by Crippen LogP contribution is -2.31. The fraction of sp³-hybridized carbons (Fsp3) is 0.120. The third-order valence-corrected chi connectivity index (χ3v) is 5.35. The van der Waals surface area contributed by atoms with Crippen molar-refractivity contribution in [1.29, 1.82) is 15.8 Å². The highest BCUT2D eigenvalue weighted by molar-refractivity contribution is 5.75. The molecule has 3 aromatic rings. The lowest BCUT2D eigenvalue weighted by atomic mass is 9.79. The van der Waals surface area contributed by atoms with Crippen LogP contribution in [0.5, 0.6) is 0 Å². The minimum Gasteiger partial charge on any atom is -0.762 e. The quantitative estimate of drug-likeness (QED) is 0.272. The molecule has 155 valence electrons. The van der Waals surface area contributed by atoms with Crippen LogP contribution in [0.25, 0.3) is 28.2 Å². The molecule has 33 heavy (non-hydrogen) atoms. The van der Waals surface area contributed by atoms with Crippen molar-refractivity contribution in [2.45, 2.75) is 11.8 Å². The fourth-order valence-corrected chi connectivity index (χ4v) is 3.75. The second kappa shape index (κ2) is 9.04. The SMILES string of the molecule is C[n+]1ccccc1-c1nc2c(nc1-c1ccccn1)C([C](C#N)C#N)C=CC2C(=C=[N-])C#N. The highest BCUT2D eigenvalue weighted by Gasteiger charge is 2.36. The van der Waals surface area contributed by atoms with Gasteiger partial charge in [-0.15, -0.1) is 0 Å². The zero-order valence-electron chi connectivity index (χ0n) is 17.5. The van der Waals surface area contributed by atoms with E-state index in [1.807, 2.05) is 66.2 Å². The molecule has 0 fully saturated rings. The Hall–Kier alpha value is -4.96. The fourth-order valence-electron chi connectivity index (χ4n) is 3.75. The molecule has 0 aromatic carbocycles. The van der Waals surface area contributed by atoms with Crippen molar-refractivity contribution in [1.82, 2.24) is 15.0 Å². The summed E-state index contributed by atoms with van der Waals surface area (Å²) >= 11 is 0. The number of allylic oxidation sites excluding steroid dienone is 3. The number of fused-ring (bicyclic) bond motifs is 1. The smallest absolute Gasteiger partial charge is 0.233 e. The molecule has 3 heterocycles. The molecular formula is C25H15N8. The van der Waals surface area contributed by atoms with Crippen molar-refractivity contribution in [2.75, 3.05) is 0 Å². The van der Waals surface area contributed by atoms with Gasteiger partial charge in [0.05, 0.1) is 46.6 Å². The number of pyridine rings is 2. The molecule has 0 saturated carbocycles. The summed E-state index contributed by atoms with van der Waals surface area (Å²) in [6.45, 7) is 0. The molecule has 8 heteroatoms. The molecule has 0 spiro atoms. The van der Waals surface area contributed by atoms with Gasteiger partial charge in [-0.3, -0.25) is 10.9 Å². The predicted octanol–water partition coefficient (Wildman–Crippen LogP) is 3.08. The van der Waals surface area contributed by atoms with Gasteiger partial charge in [0.2, 0.25) is 5.69 Å². The van der Waals surface area contributed by atoms with Crippen LogP contribution in [-0.4, -0.2) is 20.8 Å². The first-order chi connectivity index (χ1) is 16.1. The zero-order valence-corrected chi connectivity index (χ0v) is 17.5. The molecule has 4 rings (SSSR count). The maximum Gasteiger partial charge on any atom is 0.233 e. The maximum atomic E-state index is 9.52. The summed E-state index contributed by atoms with van der Waals surface area (Å²) in [4.78, 5) is 14.2. The predicted molar refractivity (Wildman–Crippen MR) is 118 cm³/mol. The second-order valence-corrected chi connectivity index (χ2v) is 7.22. The Morgan fingerprint density at radius 3 is 2.24 bits per heavy atom. The summed E-state index contributed by atoms with van der Waals surface area (Å²) in [5.74, 6) is 0.408. The van der Waals surface area contributed by atoms with Crippen LogP contribution >= 0.6 is 0 Å². The van der Waals surface area contributed by atoms with E-state index in [1.54, 1.807) is 30.5 Å². The van der Waals surface area contributed by atoms with E-state index in [9.17, 15) is 21.2 Å². The van der Waals surface area contributed by atoms with Gasteiger partial charge < -0.3 is 5.41 Å². The van der Waals surface area contributed by atoms with Crippen LogP contribution in [0.2, 0.25) is 0 Å². The number of hydrogen-bond donors (Lipinski definition) is 0. The van der Waals surface area contributed by atoms with Crippen LogP contribution in [0.1, 0.15) is 23.2 Å². The van der Waals surface area contributed by atoms with Gasteiger partial charge in [0.25, 0.3) is 0 Å². The van der Waals surface area contributed by atoms with Crippen LogP contribution in [0.3, 0.4) is 0 Å². The van der Waals surface area contributed by atoms with E-state index in [4.69, 9.17) is 9.97 Å². The Bertz CT molecular complexity index is 1420. The summed E-state index contributed by atoms with van der Waals surface area (Å²) in [5, 5.41) is 38.1. The molecule has 0 aliphatic heterocycles. The van der Waals surface area contributed by atoms with Gasteiger partial charge in [-0.2, -0.15) is 20.4 Å². The number of rotatable bonds is 4. The van der Waals surface area contributed by atoms with Gasteiger partial charge >= 0.3 is 0 Å². The third-order valence-electron chi connectivity index (χ3n) is 5.35. The first-order valence-corrected chi connectivity index (χ1v) is 9.93. The Balaban J connectivity index is 2.09. The van der Waals surface area contributed by atoms with E-state index in [0.29, 0.717) is 28.5 Å². The van der Waals surface area contributed by atoms with Gasteiger partial charge in [0.1, 0.15) is 18.8 Å². The first-order valence-electron chi connectivity index (χ1n) is 9.93. The lowest BCUT2D eigenvalue weighted by Gasteiger charge is -2.26. The Kier molecular flexibility index (Phi) is 5.83. The molecule has 1 aliphatic rings. The maximum absolute atomic E-state index is 9.52.